The van der Waals surface area contributed by atoms with Crippen LogP contribution in [0.25, 0.3) is 23.3 Å². The summed E-state index contributed by atoms with van der Waals surface area (Å²) in [5.41, 5.74) is 12.8. The molecule has 0 heterocycles. The molecule has 0 amide bonds. The van der Waals surface area contributed by atoms with Crippen LogP contribution in [-0.2, 0) is 0 Å². The number of benzene rings is 4. The number of hydrogen-bond acceptors (Lipinski definition) is 8. The average Bonchev–Trinajstić information content (AvgIpc) is 2.96. The second-order valence-electron chi connectivity index (χ2n) is 8.46. The standard InChI is InChI=1S/C31H30N2O6/c1-4-38-28-17-22(10-9-21(28)8-5-20-6-12-24(33-35)13-7-20)26-16-14-25(19-30(26)37-3)39-31(34)27-15-11-23(32)18-29(27)36-2/h5-19,33,35H,4,32H2,1-3H3/b8-5+. The van der Waals surface area contributed by atoms with Crippen LogP contribution in [-0.4, -0.2) is 32.0 Å². The van der Waals surface area contributed by atoms with Gasteiger partial charge in [0, 0.05) is 28.9 Å². The van der Waals surface area contributed by atoms with Gasteiger partial charge in [0.05, 0.1) is 26.5 Å². The Labute approximate surface area is 227 Å². The van der Waals surface area contributed by atoms with Crippen LogP contribution in [0.3, 0.4) is 0 Å². The third-order valence-corrected chi connectivity index (χ3v) is 5.95. The maximum Gasteiger partial charge on any atom is 0.347 e. The van der Waals surface area contributed by atoms with E-state index >= 15 is 0 Å². The highest BCUT2D eigenvalue weighted by Gasteiger charge is 2.17. The van der Waals surface area contributed by atoms with Gasteiger partial charge in [0.2, 0.25) is 0 Å². The van der Waals surface area contributed by atoms with Gasteiger partial charge >= 0.3 is 5.97 Å². The Bertz CT molecular complexity index is 1480. The Hall–Kier alpha value is -4.95. The van der Waals surface area contributed by atoms with E-state index in [1.165, 1.54) is 7.11 Å². The maximum absolute atomic E-state index is 12.8. The van der Waals surface area contributed by atoms with Crippen LogP contribution in [0.4, 0.5) is 11.4 Å². The van der Waals surface area contributed by atoms with Gasteiger partial charge in [-0.25, -0.2) is 4.79 Å². The molecule has 0 aliphatic carbocycles. The molecule has 0 saturated heterocycles. The van der Waals surface area contributed by atoms with Gasteiger partial charge in [0.25, 0.3) is 0 Å². The number of carbonyl (C=O) groups excluding carboxylic acids is 1. The molecule has 4 N–H and O–H groups in total. The normalized spacial score (nSPS) is 10.8. The fraction of sp³-hybridized carbons (Fsp3) is 0.129. The fourth-order valence-electron chi connectivity index (χ4n) is 3.99. The fourth-order valence-corrected chi connectivity index (χ4v) is 3.99. The van der Waals surface area contributed by atoms with Crippen molar-refractivity contribution < 1.29 is 28.9 Å². The van der Waals surface area contributed by atoms with E-state index in [0.717, 1.165) is 22.3 Å². The predicted molar refractivity (Wildman–Crippen MR) is 153 cm³/mol. The van der Waals surface area contributed by atoms with Gasteiger partial charge in [-0.05, 0) is 60.5 Å². The van der Waals surface area contributed by atoms with Crippen molar-refractivity contribution in [3.8, 4) is 34.1 Å². The smallest absolute Gasteiger partial charge is 0.347 e. The lowest BCUT2D eigenvalue weighted by atomic mass is 10.0. The molecule has 8 nitrogen and oxygen atoms in total. The summed E-state index contributed by atoms with van der Waals surface area (Å²) in [5.74, 6) is 1.34. The Morgan fingerprint density at radius 1 is 0.872 bits per heavy atom. The first kappa shape index (κ1) is 27.1. The summed E-state index contributed by atoms with van der Waals surface area (Å²) in [6.45, 7) is 2.43. The van der Waals surface area contributed by atoms with Crippen molar-refractivity contribution in [2.45, 2.75) is 6.92 Å². The Morgan fingerprint density at radius 2 is 1.64 bits per heavy atom. The van der Waals surface area contributed by atoms with E-state index in [4.69, 9.17) is 29.9 Å². The number of anilines is 2. The molecule has 200 valence electrons. The number of esters is 1. The lowest BCUT2D eigenvalue weighted by molar-refractivity contribution is 0.0731. The minimum Gasteiger partial charge on any atom is -0.496 e. The molecule has 0 aliphatic heterocycles. The number of methoxy groups -OCH3 is 2. The minimum atomic E-state index is -0.571. The van der Waals surface area contributed by atoms with Gasteiger partial charge in [-0.2, -0.15) is 0 Å². The number of nitrogens with two attached hydrogens (primary N) is 1. The molecule has 4 rings (SSSR count). The summed E-state index contributed by atoms with van der Waals surface area (Å²) in [7, 11) is 3.03. The molecule has 0 fully saturated rings. The molecule has 0 aliphatic rings. The molecular weight excluding hydrogens is 496 g/mol. The van der Waals surface area contributed by atoms with Crippen molar-refractivity contribution in [3.05, 3.63) is 95.6 Å². The molecule has 39 heavy (non-hydrogen) atoms. The van der Waals surface area contributed by atoms with Crippen molar-refractivity contribution >= 4 is 29.5 Å². The molecule has 0 unspecified atom stereocenters. The number of nitrogens with one attached hydrogen (secondary N) is 1. The monoisotopic (exact) mass is 526 g/mol. The van der Waals surface area contributed by atoms with Gasteiger partial charge in [0.15, 0.2) is 0 Å². The third kappa shape index (κ3) is 6.49. The zero-order chi connectivity index (χ0) is 27.8. The highest BCUT2D eigenvalue weighted by molar-refractivity contribution is 5.94. The quantitative estimate of drug-likeness (QED) is 0.0702. The van der Waals surface area contributed by atoms with Crippen LogP contribution >= 0.6 is 0 Å². The predicted octanol–water partition coefficient (Wildman–Crippen LogP) is 6.54. The number of hydrogen-bond donors (Lipinski definition) is 3. The molecule has 0 atom stereocenters. The Balaban J connectivity index is 1.59. The first-order chi connectivity index (χ1) is 18.9. The number of nitrogen functional groups attached to an aromatic ring is 1. The van der Waals surface area contributed by atoms with E-state index in [-0.39, 0.29) is 5.56 Å². The molecule has 0 aromatic heterocycles. The van der Waals surface area contributed by atoms with E-state index in [2.05, 4.69) is 5.48 Å². The summed E-state index contributed by atoms with van der Waals surface area (Å²) in [5, 5.41) is 8.99. The van der Waals surface area contributed by atoms with Gasteiger partial charge in [0.1, 0.15) is 28.6 Å². The Kier molecular flexibility index (Phi) is 8.71. The molecule has 4 aromatic carbocycles. The molecule has 0 bridgehead atoms. The number of carbonyl (C=O) groups is 1. The topological polar surface area (TPSA) is 112 Å². The van der Waals surface area contributed by atoms with Crippen LogP contribution in [0, 0.1) is 0 Å². The molecule has 0 spiro atoms. The van der Waals surface area contributed by atoms with Crippen molar-refractivity contribution in [1.29, 1.82) is 0 Å². The molecule has 0 saturated carbocycles. The van der Waals surface area contributed by atoms with Gasteiger partial charge < -0.3 is 24.7 Å². The van der Waals surface area contributed by atoms with E-state index < -0.39 is 5.97 Å². The summed E-state index contributed by atoms with van der Waals surface area (Å²) in [4.78, 5) is 12.8. The first-order valence-corrected chi connectivity index (χ1v) is 12.2. The highest BCUT2D eigenvalue weighted by Crippen LogP contribution is 2.37. The third-order valence-electron chi connectivity index (χ3n) is 5.95. The second-order valence-corrected chi connectivity index (χ2v) is 8.46. The minimum absolute atomic E-state index is 0.265. The number of rotatable bonds is 10. The lowest BCUT2D eigenvalue weighted by Crippen LogP contribution is -2.10. The van der Waals surface area contributed by atoms with Crippen LogP contribution < -0.4 is 30.2 Å². The summed E-state index contributed by atoms with van der Waals surface area (Å²) in [6, 6.07) is 23.2. The molecule has 8 heteroatoms. The van der Waals surface area contributed by atoms with Crippen molar-refractivity contribution in [2.75, 3.05) is 32.0 Å². The van der Waals surface area contributed by atoms with Gasteiger partial charge in [-0.1, -0.05) is 36.4 Å². The summed E-state index contributed by atoms with van der Waals surface area (Å²) < 4.78 is 22.4. The first-order valence-electron chi connectivity index (χ1n) is 12.2. The summed E-state index contributed by atoms with van der Waals surface area (Å²) in [6.07, 6.45) is 3.94. The molecular formula is C31H30N2O6. The van der Waals surface area contributed by atoms with Crippen molar-refractivity contribution in [2.24, 2.45) is 0 Å². The summed E-state index contributed by atoms with van der Waals surface area (Å²) >= 11 is 0. The van der Waals surface area contributed by atoms with E-state index in [9.17, 15) is 4.79 Å². The van der Waals surface area contributed by atoms with Gasteiger partial charge in [-0.15, -0.1) is 0 Å². The average molecular weight is 527 g/mol. The molecule has 4 aromatic rings. The lowest BCUT2D eigenvalue weighted by Gasteiger charge is -2.14. The SMILES string of the molecule is CCOc1cc(-c2ccc(OC(=O)c3ccc(N)cc3OC)cc2OC)ccc1/C=C/c1ccc(NO)cc1. The van der Waals surface area contributed by atoms with Gasteiger partial charge in [-0.3, -0.25) is 10.7 Å². The second kappa shape index (κ2) is 12.5. The largest absolute Gasteiger partial charge is 0.496 e. The zero-order valence-corrected chi connectivity index (χ0v) is 21.9. The van der Waals surface area contributed by atoms with Crippen LogP contribution in [0.5, 0.6) is 23.0 Å². The Morgan fingerprint density at radius 3 is 2.33 bits per heavy atom. The van der Waals surface area contributed by atoms with Crippen LogP contribution in [0.2, 0.25) is 0 Å². The van der Waals surface area contributed by atoms with Crippen molar-refractivity contribution in [3.63, 3.8) is 0 Å². The van der Waals surface area contributed by atoms with Crippen LogP contribution in [0.1, 0.15) is 28.4 Å². The van der Waals surface area contributed by atoms with Crippen LogP contribution in [0.15, 0.2) is 78.9 Å². The van der Waals surface area contributed by atoms with E-state index in [0.29, 0.717) is 41.0 Å². The highest BCUT2D eigenvalue weighted by atomic mass is 16.5. The number of ether oxygens (including phenoxy) is 4. The zero-order valence-electron chi connectivity index (χ0n) is 21.9. The van der Waals surface area contributed by atoms with E-state index in [1.807, 2.05) is 55.5 Å². The maximum atomic E-state index is 12.8. The molecule has 0 radical (unpaired) electrons. The van der Waals surface area contributed by atoms with E-state index in [1.54, 1.807) is 49.6 Å². The van der Waals surface area contributed by atoms with Crippen molar-refractivity contribution in [1.82, 2.24) is 0 Å².